The number of amides is 1. The second kappa shape index (κ2) is 8.24. The van der Waals surface area contributed by atoms with E-state index in [1.807, 2.05) is 35.9 Å². The molecule has 0 saturated carbocycles. The first-order valence-electron chi connectivity index (χ1n) is 8.66. The predicted octanol–water partition coefficient (Wildman–Crippen LogP) is 5.84. The second-order valence-electron chi connectivity index (χ2n) is 6.16. The predicted molar refractivity (Wildman–Crippen MR) is 120 cm³/mol. The van der Waals surface area contributed by atoms with Crippen molar-refractivity contribution in [2.24, 2.45) is 0 Å². The van der Waals surface area contributed by atoms with Crippen LogP contribution < -0.4 is 10.6 Å². The summed E-state index contributed by atoms with van der Waals surface area (Å²) in [6, 6.07) is 10.9. The Kier molecular flexibility index (Phi) is 5.52. The normalized spacial score (nSPS) is 10.7. The molecule has 3 aromatic heterocycles. The van der Waals surface area contributed by atoms with E-state index in [-0.39, 0.29) is 11.7 Å². The standard InChI is InChI=1S/C20H16N4O2S3/c1-11-17(29-20(21-11)24-18(26)16-7-4-8-27-16)15-10-28-19(23-15)22-14-6-3-5-13(9-14)12(2)25/h3-10H,1-2H3,(H,22,23)(H,21,24,26). The van der Waals surface area contributed by atoms with Crippen LogP contribution in [0.15, 0.2) is 47.2 Å². The molecule has 1 amide bonds. The third-order valence-electron chi connectivity index (χ3n) is 4.02. The summed E-state index contributed by atoms with van der Waals surface area (Å²) in [4.78, 5) is 34.4. The van der Waals surface area contributed by atoms with E-state index < -0.39 is 0 Å². The first kappa shape index (κ1) is 19.4. The van der Waals surface area contributed by atoms with Crippen LogP contribution in [0.25, 0.3) is 10.6 Å². The Hall–Kier alpha value is -2.88. The highest BCUT2D eigenvalue weighted by molar-refractivity contribution is 7.20. The highest BCUT2D eigenvalue weighted by Crippen LogP contribution is 2.35. The van der Waals surface area contributed by atoms with E-state index in [0.29, 0.717) is 15.6 Å². The maximum absolute atomic E-state index is 12.2. The zero-order valence-electron chi connectivity index (χ0n) is 15.6. The Balaban J connectivity index is 1.51. The van der Waals surface area contributed by atoms with Crippen LogP contribution in [0.2, 0.25) is 0 Å². The number of nitrogens with zero attached hydrogens (tertiary/aromatic N) is 2. The molecule has 2 N–H and O–H groups in total. The molecule has 0 aliphatic carbocycles. The van der Waals surface area contributed by atoms with Crippen LogP contribution in [0, 0.1) is 6.92 Å². The van der Waals surface area contributed by atoms with Crippen LogP contribution in [0.5, 0.6) is 0 Å². The number of aromatic nitrogens is 2. The first-order chi connectivity index (χ1) is 14.0. The van der Waals surface area contributed by atoms with Crippen molar-refractivity contribution in [1.29, 1.82) is 0 Å². The fourth-order valence-corrected chi connectivity index (χ4v) is 4.97. The van der Waals surface area contributed by atoms with Gasteiger partial charge in [-0.05, 0) is 37.4 Å². The Morgan fingerprint density at radius 2 is 1.90 bits per heavy atom. The fourth-order valence-electron chi connectivity index (χ4n) is 2.63. The monoisotopic (exact) mass is 440 g/mol. The summed E-state index contributed by atoms with van der Waals surface area (Å²) in [5, 5.41) is 11.2. The van der Waals surface area contributed by atoms with Crippen LogP contribution in [0.3, 0.4) is 0 Å². The SMILES string of the molecule is CC(=O)c1cccc(Nc2nc(-c3sc(NC(=O)c4cccs4)nc3C)cs2)c1. The summed E-state index contributed by atoms with van der Waals surface area (Å²) < 4.78 is 0. The highest BCUT2D eigenvalue weighted by Gasteiger charge is 2.16. The van der Waals surface area contributed by atoms with Gasteiger partial charge in [-0.3, -0.25) is 14.9 Å². The van der Waals surface area contributed by atoms with Crippen LogP contribution >= 0.6 is 34.0 Å². The van der Waals surface area contributed by atoms with Gasteiger partial charge < -0.3 is 5.32 Å². The van der Waals surface area contributed by atoms with Crippen molar-refractivity contribution in [2.45, 2.75) is 13.8 Å². The molecule has 0 spiro atoms. The lowest BCUT2D eigenvalue weighted by molar-refractivity contribution is 0.101. The fraction of sp³-hybridized carbons (Fsp3) is 0.100. The molecule has 0 unspecified atom stereocenters. The molecule has 0 atom stereocenters. The number of hydrogen-bond donors (Lipinski definition) is 2. The molecule has 0 bridgehead atoms. The van der Waals surface area contributed by atoms with Gasteiger partial charge in [0.05, 0.1) is 21.1 Å². The molecular weight excluding hydrogens is 424 g/mol. The number of hydrogen-bond acceptors (Lipinski definition) is 8. The number of aryl methyl sites for hydroxylation is 1. The molecule has 0 radical (unpaired) electrons. The van der Waals surface area contributed by atoms with Crippen molar-refractivity contribution in [3.63, 3.8) is 0 Å². The number of nitrogens with one attached hydrogen (secondary N) is 2. The molecule has 6 nitrogen and oxygen atoms in total. The number of rotatable bonds is 6. The number of carbonyl (C=O) groups excluding carboxylic acids is 2. The minimum Gasteiger partial charge on any atom is -0.332 e. The molecule has 0 saturated heterocycles. The van der Waals surface area contributed by atoms with Crippen molar-refractivity contribution in [3.05, 3.63) is 63.3 Å². The number of anilines is 3. The average Bonchev–Trinajstić information content (AvgIpc) is 3.43. The molecule has 3 heterocycles. The molecule has 0 fully saturated rings. The van der Waals surface area contributed by atoms with Crippen LogP contribution in [0.1, 0.15) is 32.6 Å². The Bertz CT molecular complexity index is 1180. The van der Waals surface area contributed by atoms with Crippen LogP contribution in [0.4, 0.5) is 16.0 Å². The number of thiophene rings is 1. The Morgan fingerprint density at radius 1 is 1.03 bits per heavy atom. The van der Waals surface area contributed by atoms with E-state index in [2.05, 4.69) is 20.6 Å². The van der Waals surface area contributed by atoms with E-state index in [1.165, 1.54) is 34.0 Å². The third-order valence-corrected chi connectivity index (χ3v) is 6.74. The molecule has 0 aliphatic heterocycles. The van der Waals surface area contributed by atoms with Gasteiger partial charge in [0, 0.05) is 16.6 Å². The maximum Gasteiger partial charge on any atom is 0.267 e. The number of Topliss-reactive ketones (excluding diaryl/α,β-unsaturated/α-hetero) is 1. The number of ketones is 1. The summed E-state index contributed by atoms with van der Waals surface area (Å²) in [5.41, 5.74) is 3.07. The highest BCUT2D eigenvalue weighted by atomic mass is 32.1. The molecule has 0 aliphatic rings. The molecule has 146 valence electrons. The van der Waals surface area contributed by atoms with Crippen molar-refractivity contribution in [3.8, 4) is 10.6 Å². The minimum absolute atomic E-state index is 0.0193. The summed E-state index contributed by atoms with van der Waals surface area (Å²) in [6.45, 7) is 3.44. The smallest absolute Gasteiger partial charge is 0.267 e. The second-order valence-corrected chi connectivity index (χ2v) is 8.97. The van der Waals surface area contributed by atoms with Gasteiger partial charge in [-0.2, -0.15) is 0 Å². The lowest BCUT2D eigenvalue weighted by Gasteiger charge is -2.03. The zero-order valence-corrected chi connectivity index (χ0v) is 18.0. The van der Waals surface area contributed by atoms with Crippen molar-refractivity contribution in [2.75, 3.05) is 10.6 Å². The topological polar surface area (TPSA) is 84.0 Å². The third kappa shape index (κ3) is 4.42. The first-order valence-corrected chi connectivity index (χ1v) is 11.2. The largest absolute Gasteiger partial charge is 0.332 e. The van der Waals surface area contributed by atoms with Gasteiger partial charge in [0.2, 0.25) is 0 Å². The van der Waals surface area contributed by atoms with Crippen molar-refractivity contribution in [1.82, 2.24) is 9.97 Å². The Morgan fingerprint density at radius 3 is 2.66 bits per heavy atom. The molecule has 1 aromatic carbocycles. The van der Waals surface area contributed by atoms with Crippen LogP contribution in [-0.2, 0) is 0 Å². The summed E-state index contributed by atoms with van der Waals surface area (Å²) in [5.74, 6) is -0.142. The molecule has 4 rings (SSSR count). The number of thiazole rings is 2. The van der Waals surface area contributed by atoms with Gasteiger partial charge in [-0.25, -0.2) is 9.97 Å². The summed E-state index contributed by atoms with van der Waals surface area (Å²) in [7, 11) is 0. The van der Waals surface area contributed by atoms with Gasteiger partial charge in [0.15, 0.2) is 16.0 Å². The molecule has 29 heavy (non-hydrogen) atoms. The molecule has 9 heteroatoms. The lowest BCUT2D eigenvalue weighted by atomic mass is 10.1. The van der Waals surface area contributed by atoms with Gasteiger partial charge in [0.1, 0.15) is 0 Å². The molecular formula is C20H16N4O2S3. The van der Waals surface area contributed by atoms with E-state index >= 15 is 0 Å². The van der Waals surface area contributed by atoms with Gasteiger partial charge in [-0.1, -0.05) is 29.5 Å². The summed E-state index contributed by atoms with van der Waals surface area (Å²) in [6.07, 6.45) is 0. The number of carbonyl (C=O) groups is 2. The van der Waals surface area contributed by atoms with E-state index in [0.717, 1.165) is 27.1 Å². The lowest BCUT2D eigenvalue weighted by Crippen LogP contribution is -2.09. The van der Waals surface area contributed by atoms with Gasteiger partial charge in [0.25, 0.3) is 5.91 Å². The minimum atomic E-state index is -0.161. The Labute approximate surface area is 179 Å². The van der Waals surface area contributed by atoms with Crippen molar-refractivity contribution >= 4 is 61.7 Å². The van der Waals surface area contributed by atoms with Gasteiger partial charge in [-0.15, -0.1) is 22.7 Å². The van der Waals surface area contributed by atoms with E-state index in [1.54, 1.807) is 25.1 Å². The molecule has 4 aromatic rings. The van der Waals surface area contributed by atoms with Crippen molar-refractivity contribution < 1.29 is 9.59 Å². The van der Waals surface area contributed by atoms with Gasteiger partial charge >= 0.3 is 0 Å². The quantitative estimate of drug-likeness (QED) is 0.368. The van der Waals surface area contributed by atoms with Crippen LogP contribution in [-0.4, -0.2) is 21.7 Å². The maximum atomic E-state index is 12.2. The van der Waals surface area contributed by atoms with E-state index in [4.69, 9.17) is 0 Å². The average molecular weight is 441 g/mol. The number of benzene rings is 1. The van der Waals surface area contributed by atoms with E-state index in [9.17, 15) is 9.59 Å². The summed E-state index contributed by atoms with van der Waals surface area (Å²) >= 11 is 4.26. The zero-order chi connectivity index (χ0) is 20.4.